The van der Waals surface area contributed by atoms with Crippen molar-refractivity contribution in [1.29, 1.82) is 0 Å². The number of hydrazone groups is 1. The molecule has 0 spiro atoms. The minimum absolute atomic E-state index is 0.0894. The minimum atomic E-state index is -0.818. The van der Waals surface area contributed by atoms with Gasteiger partial charge in [0.25, 0.3) is 5.91 Å². The third-order valence-corrected chi connectivity index (χ3v) is 4.22. The molecule has 3 N–H and O–H groups in total. The Kier molecular flexibility index (Phi) is 5.37. The molecule has 0 saturated heterocycles. The normalized spacial score (nSPS) is 17.6. The molecule has 9 nitrogen and oxygen atoms in total. The van der Waals surface area contributed by atoms with Crippen molar-refractivity contribution in [2.75, 3.05) is 18.5 Å². The monoisotopic (exact) mass is 393 g/mol. The summed E-state index contributed by atoms with van der Waals surface area (Å²) in [6.07, 6.45) is 1.52. The van der Waals surface area contributed by atoms with Crippen LogP contribution >= 0.6 is 0 Å². The second kappa shape index (κ2) is 8.42. The van der Waals surface area contributed by atoms with Gasteiger partial charge < -0.3 is 14.8 Å². The van der Waals surface area contributed by atoms with E-state index in [1.807, 2.05) is 30.3 Å². The molecule has 2 aliphatic rings. The number of fused-ring (bicyclic) bond motifs is 1. The number of amides is 2. The van der Waals surface area contributed by atoms with Crippen LogP contribution in [0.3, 0.4) is 0 Å². The fraction of sp³-hybridized carbons (Fsp3) is 0.200. The summed E-state index contributed by atoms with van der Waals surface area (Å²) < 4.78 is 10.9. The Bertz CT molecular complexity index is 974. The summed E-state index contributed by atoms with van der Waals surface area (Å²) in [5.41, 5.74) is 4.14. The van der Waals surface area contributed by atoms with Gasteiger partial charge in [-0.2, -0.15) is 5.10 Å². The SMILES string of the molecule is O=C(C[C@H]1N=C(N/N=C\c2ccccc2)NC1=O)Nc1ccc2c(c1)OCCO2. The van der Waals surface area contributed by atoms with Crippen molar-refractivity contribution in [3.05, 3.63) is 54.1 Å². The first kappa shape index (κ1) is 18.5. The molecule has 2 aliphatic heterocycles. The maximum atomic E-state index is 12.3. The van der Waals surface area contributed by atoms with Crippen molar-refractivity contribution in [3.63, 3.8) is 0 Å². The van der Waals surface area contributed by atoms with E-state index in [0.29, 0.717) is 30.4 Å². The molecule has 9 heteroatoms. The lowest BCUT2D eigenvalue weighted by atomic mass is 10.2. The molecule has 0 radical (unpaired) electrons. The van der Waals surface area contributed by atoms with Crippen molar-refractivity contribution in [3.8, 4) is 11.5 Å². The molecule has 0 bridgehead atoms. The number of carbonyl (C=O) groups excluding carboxylic acids is 2. The van der Waals surface area contributed by atoms with Gasteiger partial charge in [-0.25, -0.2) is 10.4 Å². The van der Waals surface area contributed by atoms with Crippen molar-refractivity contribution >= 4 is 29.7 Å². The zero-order valence-electron chi connectivity index (χ0n) is 15.4. The first-order valence-corrected chi connectivity index (χ1v) is 9.10. The molecule has 2 amide bonds. The first-order valence-electron chi connectivity index (χ1n) is 9.10. The van der Waals surface area contributed by atoms with Crippen LogP contribution in [0, 0.1) is 0 Å². The molecule has 1 atom stereocenters. The molecule has 2 heterocycles. The number of carbonyl (C=O) groups is 2. The van der Waals surface area contributed by atoms with E-state index in [1.54, 1.807) is 24.4 Å². The number of hydrogen-bond acceptors (Lipinski definition) is 7. The second-order valence-corrected chi connectivity index (χ2v) is 6.37. The maximum absolute atomic E-state index is 12.3. The van der Waals surface area contributed by atoms with Gasteiger partial charge >= 0.3 is 0 Å². The molecular weight excluding hydrogens is 374 g/mol. The number of guanidine groups is 1. The summed E-state index contributed by atoms with van der Waals surface area (Å²) in [5, 5.41) is 9.35. The van der Waals surface area contributed by atoms with Crippen LogP contribution in [0.15, 0.2) is 58.6 Å². The highest BCUT2D eigenvalue weighted by molar-refractivity contribution is 6.07. The lowest BCUT2D eigenvalue weighted by Crippen LogP contribution is -2.35. The summed E-state index contributed by atoms with van der Waals surface area (Å²) >= 11 is 0. The van der Waals surface area contributed by atoms with Crippen LogP contribution < -0.4 is 25.5 Å². The third-order valence-electron chi connectivity index (χ3n) is 4.22. The van der Waals surface area contributed by atoms with E-state index in [2.05, 4.69) is 26.2 Å². The molecule has 0 unspecified atom stereocenters. The lowest BCUT2D eigenvalue weighted by Gasteiger charge is -2.19. The van der Waals surface area contributed by atoms with E-state index < -0.39 is 6.04 Å². The van der Waals surface area contributed by atoms with Crippen LogP contribution in [0.4, 0.5) is 5.69 Å². The molecule has 148 valence electrons. The molecule has 0 aromatic heterocycles. The molecule has 0 aliphatic carbocycles. The summed E-state index contributed by atoms with van der Waals surface area (Å²) in [7, 11) is 0. The van der Waals surface area contributed by atoms with Crippen molar-refractivity contribution in [2.45, 2.75) is 12.5 Å². The average Bonchev–Trinajstić information content (AvgIpc) is 3.07. The number of benzene rings is 2. The first-order chi connectivity index (χ1) is 14.2. The van der Waals surface area contributed by atoms with Crippen LogP contribution in [-0.4, -0.2) is 43.2 Å². The Labute approximate surface area is 166 Å². The number of rotatable bonds is 5. The smallest absolute Gasteiger partial charge is 0.252 e. The van der Waals surface area contributed by atoms with Gasteiger partial charge in [-0.1, -0.05) is 30.3 Å². The van der Waals surface area contributed by atoms with Gasteiger partial charge in [0.15, 0.2) is 11.5 Å². The Hall–Kier alpha value is -3.88. The van der Waals surface area contributed by atoms with Crippen molar-refractivity contribution < 1.29 is 19.1 Å². The van der Waals surface area contributed by atoms with Crippen molar-refractivity contribution in [1.82, 2.24) is 10.7 Å². The third kappa shape index (κ3) is 4.70. The van der Waals surface area contributed by atoms with Gasteiger partial charge in [0.1, 0.15) is 19.3 Å². The van der Waals surface area contributed by atoms with Crippen LogP contribution in [-0.2, 0) is 9.59 Å². The standard InChI is InChI=1S/C20H19N5O4/c26-18(22-14-6-7-16-17(10-14)29-9-8-28-16)11-15-19(27)24-20(23-15)25-21-12-13-4-2-1-3-5-13/h1-7,10,12,15H,8-9,11H2,(H,22,26)(H2,23,24,25,27)/b21-12-/t15-/m1/s1. The van der Waals surface area contributed by atoms with Crippen LogP contribution in [0.5, 0.6) is 11.5 Å². The summed E-state index contributed by atoms with van der Waals surface area (Å²) in [5.74, 6) is 0.730. The zero-order valence-corrected chi connectivity index (χ0v) is 15.4. The van der Waals surface area contributed by atoms with Gasteiger partial charge in [0, 0.05) is 11.8 Å². The van der Waals surface area contributed by atoms with Crippen molar-refractivity contribution in [2.24, 2.45) is 10.1 Å². The molecule has 2 aromatic carbocycles. The summed E-state index contributed by atoms with van der Waals surface area (Å²) in [4.78, 5) is 28.5. The quantitative estimate of drug-likeness (QED) is 0.523. The summed E-state index contributed by atoms with van der Waals surface area (Å²) in [6, 6.07) is 13.8. The topological polar surface area (TPSA) is 113 Å². The van der Waals surface area contributed by atoms with Gasteiger partial charge in [0.2, 0.25) is 11.9 Å². The fourth-order valence-corrected chi connectivity index (χ4v) is 2.86. The highest BCUT2D eigenvalue weighted by Crippen LogP contribution is 2.32. The van der Waals surface area contributed by atoms with Gasteiger partial charge in [-0.05, 0) is 17.7 Å². The Balaban J connectivity index is 1.32. The molecular formula is C20H19N5O4. The number of ether oxygens (including phenoxy) is 2. The largest absolute Gasteiger partial charge is 0.486 e. The van der Waals surface area contributed by atoms with Gasteiger partial charge in [-0.3, -0.25) is 14.9 Å². The fourth-order valence-electron chi connectivity index (χ4n) is 2.86. The minimum Gasteiger partial charge on any atom is -0.486 e. The highest BCUT2D eigenvalue weighted by atomic mass is 16.6. The zero-order chi connectivity index (χ0) is 20.1. The molecule has 2 aromatic rings. The Morgan fingerprint density at radius 3 is 2.79 bits per heavy atom. The number of anilines is 1. The molecule has 29 heavy (non-hydrogen) atoms. The van der Waals surface area contributed by atoms with Crippen LogP contribution in [0.2, 0.25) is 0 Å². The van der Waals surface area contributed by atoms with Crippen LogP contribution in [0.1, 0.15) is 12.0 Å². The number of hydrogen-bond donors (Lipinski definition) is 3. The van der Waals surface area contributed by atoms with E-state index in [9.17, 15) is 9.59 Å². The van der Waals surface area contributed by atoms with Gasteiger partial charge in [-0.15, -0.1) is 0 Å². The predicted molar refractivity (Wildman–Crippen MR) is 107 cm³/mol. The van der Waals surface area contributed by atoms with E-state index in [0.717, 1.165) is 5.56 Å². The number of aliphatic imine (C=N–C) groups is 1. The summed E-state index contributed by atoms with van der Waals surface area (Å²) in [6.45, 7) is 0.961. The number of nitrogens with zero attached hydrogens (tertiary/aromatic N) is 2. The molecule has 0 saturated carbocycles. The average molecular weight is 393 g/mol. The van der Waals surface area contributed by atoms with Gasteiger partial charge in [0.05, 0.1) is 12.6 Å². The molecule has 0 fully saturated rings. The Morgan fingerprint density at radius 2 is 1.97 bits per heavy atom. The number of nitrogens with one attached hydrogen (secondary N) is 3. The maximum Gasteiger partial charge on any atom is 0.252 e. The van der Waals surface area contributed by atoms with E-state index >= 15 is 0 Å². The van der Waals surface area contributed by atoms with Crippen LogP contribution in [0.25, 0.3) is 0 Å². The highest BCUT2D eigenvalue weighted by Gasteiger charge is 2.28. The van der Waals surface area contributed by atoms with E-state index in [-0.39, 0.29) is 24.2 Å². The lowest BCUT2D eigenvalue weighted by molar-refractivity contribution is -0.123. The predicted octanol–water partition coefficient (Wildman–Crippen LogP) is 1.26. The van der Waals surface area contributed by atoms with E-state index in [4.69, 9.17) is 9.47 Å². The van der Waals surface area contributed by atoms with E-state index in [1.165, 1.54) is 0 Å². The Morgan fingerprint density at radius 1 is 1.17 bits per heavy atom. The molecule has 4 rings (SSSR count). The second-order valence-electron chi connectivity index (χ2n) is 6.37.